The van der Waals surface area contributed by atoms with Crippen molar-refractivity contribution in [1.82, 2.24) is 4.98 Å². The fourth-order valence-corrected chi connectivity index (χ4v) is 3.21. The number of carbonyl (C=O) groups is 2. The molecule has 0 fully saturated rings. The van der Waals surface area contributed by atoms with Crippen molar-refractivity contribution in [3.63, 3.8) is 0 Å². The Morgan fingerprint density at radius 1 is 1.41 bits per heavy atom. The van der Waals surface area contributed by atoms with Gasteiger partial charge >= 0.3 is 11.9 Å². The number of aromatic nitrogens is 1. The van der Waals surface area contributed by atoms with E-state index in [1.807, 2.05) is 0 Å². The zero-order valence-corrected chi connectivity index (χ0v) is 11.6. The molecule has 1 rings (SSSR count). The number of rotatable bonds is 5. The summed E-state index contributed by atoms with van der Waals surface area (Å²) in [7, 11) is 2.62. The van der Waals surface area contributed by atoms with Crippen LogP contribution in [0.4, 0.5) is 0 Å². The molecule has 1 aromatic heterocycles. The van der Waals surface area contributed by atoms with Gasteiger partial charge in [0.15, 0.2) is 14.4 Å². The first-order valence-corrected chi connectivity index (χ1v) is 6.70. The summed E-state index contributed by atoms with van der Waals surface area (Å²) in [5, 5.41) is 0.127. The highest BCUT2D eigenvalue weighted by Gasteiger charge is 2.17. The molecule has 0 saturated heterocycles. The Morgan fingerprint density at radius 3 is 2.71 bits per heavy atom. The zero-order valence-electron chi connectivity index (χ0n) is 9.19. The first kappa shape index (κ1) is 14.3. The number of ether oxygens (including phenoxy) is 2. The van der Waals surface area contributed by atoms with E-state index in [1.165, 1.54) is 26.0 Å². The van der Waals surface area contributed by atoms with Gasteiger partial charge in [-0.25, -0.2) is 9.78 Å². The van der Waals surface area contributed by atoms with Crippen LogP contribution in [-0.4, -0.2) is 36.9 Å². The second-order valence-electron chi connectivity index (χ2n) is 2.77. The lowest BCUT2D eigenvalue weighted by atomic mass is 10.5. The third-order valence-electron chi connectivity index (χ3n) is 1.70. The van der Waals surface area contributed by atoms with Crippen LogP contribution in [0.5, 0.6) is 0 Å². The van der Waals surface area contributed by atoms with Crippen LogP contribution >= 0.6 is 34.7 Å². The third-order valence-corrected chi connectivity index (χ3v) is 4.26. The average molecular weight is 296 g/mol. The van der Waals surface area contributed by atoms with Gasteiger partial charge in [0.2, 0.25) is 0 Å². The van der Waals surface area contributed by atoms with Crippen molar-refractivity contribution in [2.24, 2.45) is 0 Å². The number of nitrogens with zero attached hydrogens (tertiary/aromatic N) is 1. The van der Waals surface area contributed by atoms with Gasteiger partial charge < -0.3 is 9.47 Å². The molecule has 0 N–H and O–H groups in total. The van der Waals surface area contributed by atoms with Gasteiger partial charge in [0.05, 0.1) is 20.6 Å². The molecular formula is C9H10ClNO4S2. The van der Waals surface area contributed by atoms with Crippen molar-refractivity contribution >= 4 is 46.6 Å². The molecule has 0 radical (unpaired) electrons. The summed E-state index contributed by atoms with van der Waals surface area (Å²) in [6.07, 6.45) is 0.284. The summed E-state index contributed by atoms with van der Waals surface area (Å²) in [5.74, 6) is -0.266. The maximum absolute atomic E-state index is 11.3. The first-order valence-electron chi connectivity index (χ1n) is 4.52. The van der Waals surface area contributed by atoms with Gasteiger partial charge in [0, 0.05) is 5.75 Å². The minimum atomic E-state index is -0.507. The predicted octanol–water partition coefficient (Wildman–Crippen LogP) is 2.24. The van der Waals surface area contributed by atoms with Crippen molar-refractivity contribution < 1.29 is 19.1 Å². The molecule has 0 spiro atoms. The Balaban J connectivity index is 2.56. The number of thiazole rings is 1. The minimum absolute atomic E-state index is 0.127. The highest BCUT2D eigenvalue weighted by atomic mass is 35.5. The largest absolute Gasteiger partial charge is 0.469 e. The molecule has 0 aliphatic heterocycles. The number of carbonyl (C=O) groups excluding carboxylic acids is 2. The number of hydrogen-bond donors (Lipinski definition) is 0. The summed E-state index contributed by atoms with van der Waals surface area (Å²) >= 11 is 8.27. The van der Waals surface area contributed by atoms with E-state index in [2.05, 4.69) is 14.5 Å². The van der Waals surface area contributed by atoms with E-state index in [0.29, 0.717) is 10.1 Å². The standard InChI is InChI=1S/C9H10ClNO4S2/c1-14-5(12)3-4-16-9-11-7(10)6(17-9)8(13)15-2/h3-4H2,1-2H3. The lowest BCUT2D eigenvalue weighted by Gasteiger charge is -1.96. The molecule has 0 aliphatic carbocycles. The lowest BCUT2D eigenvalue weighted by Crippen LogP contribution is -2.00. The molecule has 0 aromatic carbocycles. The Kier molecular flexibility index (Phi) is 5.73. The number of methoxy groups -OCH3 is 2. The molecular weight excluding hydrogens is 286 g/mol. The molecule has 0 amide bonds. The molecule has 0 unspecified atom stereocenters. The van der Waals surface area contributed by atoms with E-state index in [4.69, 9.17) is 11.6 Å². The van der Waals surface area contributed by atoms with Crippen LogP contribution in [0.2, 0.25) is 5.15 Å². The maximum atomic E-state index is 11.3. The third kappa shape index (κ3) is 4.18. The number of halogens is 1. The molecule has 0 atom stereocenters. The Morgan fingerprint density at radius 2 is 2.12 bits per heavy atom. The van der Waals surface area contributed by atoms with E-state index in [1.54, 1.807) is 0 Å². The van der Waals surface area contributed by atoms with Gasteiger partial charge in [0.1, 0.15) is 0 Å². The average Bonchev–Trinajstić information content (AvgIpc) is 2.69. The minimum Gasteiger partial charge on any atom is -0.469 e. The van der Waals surface area contributed by atoms with E-state index in [-0.39, 0.29) is 22.4 Å². The predicted molar refractivity (Wildman–Crippen MR) is 65.8 cm³/mol. The van der Waals surface area contributed by atoms with E-state index in [9.17, 15) is 9.59 Å². The molecule has 8 heteroatoms. The maximum Gasteiger partial charge on any atom is 0.351 e. The molecule has 1 aromatic rings. The number of esters is 2. The summed E-state index contributed by atoms with van der Waals surface area (Å²) in [5.41, 5.74) is 0. The Bertz CT molecular complexity index is 421. The van der Waals surface area contributed by atoms with Crippen molar-refractivity contribution in [3.05, 3.63) is 10.0 Å². The van der Waals surface area contributed by atoms with E-state index in [0.717, 1.165) is 11.3 Å². The quantitative estimate of drug-likeness (QED) is 0.613. The molecule has 17 heavy (non-hydrogen) atoms. The molecule has 0 saturated carbocycles. The fourth-order valence-electron chi connectivity index (χ4n) is 0.887. The van der Waals surface area contributed by atoms with Gasteiger partial charge in [0.25, 0.3) is 0 Å². The highest BCUT2D eigenvalue weighted by Crippen LogP contribution is 2.31. The van der Waals surface area contributed by atoms with Crippen LogP contribution in [0.15, 0.2) is 4.34 Å². The molecule has 1 heterocycles. The van der Waals surface area contributed by atoms with Crippen LogP contribution < -0.4 is 0 Å². The Labute approximate surface area is 111 Å². The fraction of sp³-hybridized carbons (Fsp3) is 0.444. The number of thioether (sulfide) groups is 1. The highest BCUT2D eigenvalue weighted by molar-refractivity contribution is 8.01. The summed E-state index contributed by atoms with van der Waals surface area (Å²) in [6.45, 7) is 0. The summed E-state index contributed by atoms with van der Waals surface area (Å²) < 4.78 is 9.68. The topological polar surface area (TPSA) is 65.5 Å². The van der Waals surface area contributed by atoms with Crippen LogP contribution in [0.3, 0.4) is 0 Å². The van der Waals surface area contributed by atoms with Crippen LogP contribution in [-0.2, 0) is 14.3 Å². The zero-order chi connectivity index (χ0) is 12.8. The van der Waals surface area contributed by atoms with E-state index < -0.39 is 5.97 Å². The van der Waals surface area contributed by atoms with Crippen LogP contribution in [0, 0.1) is 0 Å². The van der Waals surface area contributed by atoms with Crippen molar-refractivity contribution in [3.8, 4) is 0 Å². The summed E-state index contributed by atoms with van der Waals surface area (Å²) in [6, 6.07) is 0. The van der Waals surface area contributed by atoms with Crippen molar-refractivity contribution in [1.29, 1.82) is 0 Å². The monoisotopic (exact) mass is 295 g/mol. The van der Waals surface area contributed by atoms with Gasteiger partial charge in [-0.2, -0.15) is 0 Å². The van der Waals surface area contributed by atoms with Crippen LogP contribution in [0.1, 0.15) is 16.1 Å². The molecule has 0 bridgehead atoms. The SMILES string of the molecule is COC(=O)CCSc1nc(Cl)c(C(=O)OC)s1. The molecule has 0 aliphatic rings. The second kappa shape index (κ2) is 6.83. The normalized spacial score (nSPS) is 10.1. The van der Waals surface area contributed by atoms with Crippen LogP contribution in [0.25, 0.3) is 0 Å². The molecule has 94 valence electrons. The van der Waals surface area contributed by atoms with Gasteiger partial charge in [-0.3, -0.25) is 4.79 Å². The van der Waals surface area contributed by atoms with Gasteiger partial charge in [-0.15, -0.1) is 0 Å². The van der Waals surface area contributed by atoms with Gasteiger partial charge in [-0.1, -0.05) is 34.7 Å². The van der Waals surface area contributed by atoms with E-state index >= 15 is 0 Å². The molecule has 5 nitrogen and oxygen atoms in total. The van der Waals surface area contributed by atoms with Crippen molar-refractivity contribution in [2.75, 3.05) is 20.0 Å². The number of hydrogen-bond acceptors (Lipinski definition) is 7. The second-order valence-corrected chi connectivity index (χ2v) is 5.47. The van der Waals surface area contributed by atoms with Gasteiger partial charge in [-0.05, 0) is 0 Å². The smallest absolute Gasteiger partial charge is 0.351 e. The Hall–Kier alpha value is -0.790. The first-order chi connectivity index (χ1) is 8.08. The summed E-state index contributed by atoms with van der Waals surface area (Å²) in [4.78, 5) is 26.4. The lowest BCUT2D eigenvalue weighted by molar-refractivity contribution is -0.140. The van der Waals surface area contributed by atoms with Crippen molar-refractivity contribution in [2.45, 2.75) is 10.8 Å².